The van der Waals surface area contributed by atoms with Gasteiger partial charge in [-0.2, -0.15) is 0 Å². The lowest BCUT2D eigenvalue weighted by Gasteiger charge is -2.17. The van der Waals surface area contributed by atoms with Crippen molar-refractivity contribution in [2.24, 2.45) is 0 Å². The number of halogens is 1. The average Bonchev–Trinajstić information content (AvgIpc) is 3.11. The normalized spacial score (nSPS) is 10.5. The maximum atomic E-state index is 12.9. The van der Waals surface area contributed by atoms with Crippen LogP contribution in [0.5, 0.6) is 0 Å². The smallest absolute Gasteiger partial charge is 0.253 e. The quantitative estimate of drug-likeness (QED) is 0.742. The van der Waals surface area contributed by atoms with Crippen LogP contribution in [0.3, 0.4) is 0 Å². The van der Waals surface area contributed by atoms with Gasteiger partial charge < -0.3 is 9.47 Å². The number of hydrogen-bond donors (Lipinski definition) is 0. The Balaban J connectivity index is 1.70. The number of hydrogen-bond acceptors (Lipinski definition) is 2. The third-order valence-corrected chi connectivity index (χ3v) is 3.60. The number of aromatic nitrogens is 2. The molecule has 1 aromatic heterocycles. The average molecular weight is 309 g/mol. The molecule has 0 radical (unpaired) electrons. The molecule has 0 unspecified atom stereocenters. The van der Waals surface area contributed by atoms with Crippen molar-refractivity contribution in [1.82, 2.24) is 14.5 Å². The van der Waals surface area contributed by atoms with Gasteiger partial charge in [0.05, 0.1) is 6.33 Å². The fraction of sp³-hybridized carbons (Fsp3) is 0.111. The number of amides is 1. The molecule has 0 saturated heterocycles. The summed E-state index contributed by atoms with van der Waals surface area (Å²) < 4.78 is 14.8. The molecular weight excluding hydrogens is 293 g/mol. The Kier molecular flexibility index (Phi) is 4.19. The number of rotatable bonds is 4. The van der Waals surface area contributed by atoms with Crippen LogP contribution in [0.15, 0.2) is 67.3 Å². The van der Waals surface area contributed by atoms with Crippen LogP contribution in [-0.2, 0) is 6.54 Å². The zero-order chi connectivity index (χ0) is 16.2. The molecule has 23 heavy (non-hydrogen) atoms. The zero-order valence-electron chi connectivity index (χ0n) is 12.7. The van der Waals surface area contributed by atoms with E-state index in [1.54, 1.807) is 48.7 Å². The Morgan fingerprint density at radius 1 is 1.13 bits per heavy atom. The molecule has 0 fully saturated rings. The molecule has 0 spiro atoms. The van der Waals surface area contributed by atoms with Gasteiger partial charge in [-0.25, -0.2) is 9.37 Å². The highest BCUT2D eigenvalue weighted by Gasteiger charge is 2.12. The predicted molar refractivity (Wildman–Crippen MR) is 85.8 cm³/mol. The van der Waals surface area contributed by atoms with Crippen molar-refractivity contribution in [1.29, 1.82) is 0 Å². The molecule has 1 amide bonds. The van der Waals surface area contributed by atoms with Crippen molar-refractivity contribution >= 4 is 5.91 Å². The molecule has 0 aliphatic rings. The summed E-state index contributed by atoms with van der Waals surface area (Å²) in [6.45, 7) is 0.433. The lowest BCUT2D eigenvalue weighted by atomic mass is 10.1. The van der Waals surface area contributed by atoms with Crippen LogP contribution in [0.25, 0.3) is 5.69 Å². The summed E-state index contributed by atoms with van der Waals surface area (Å²) in [4.78, 5) is 18.1. The number of imidazole rings is 1. The molecule has 2 aromatic carbocycles. The second-order valence-corrected chi connectivity index (χ2v) is 5.30. The van der Waals surface area contributed by atoms with Crippen LogP contribution in [0.1, 0.15) is 15.9 Å². The van der Waals surface area contributed by atoms with E-state index < -0.39 is 0 Å². The van der Waals surface area contributed by atoms with Crippen molar-refractivity contribution in [3.8, 4) is 5.69 Å². The van der Waals surface area contributed by atoms with Crippen LogP contribution in [0, 0.1) is 5.82 Å². The summed E-state index contributed by atoms with van der Waals surface area (Å²) >= 11 is 0. The molecule has 0 N–H and O–H groups in total. The van der Waals surface area contributed by atoms with Crippen molar-refractivity contribution in [2.45, 2.75) is 6.54 Å². The van der Waals surface area contributed by atoms with Gasteiger partial charge in [0.25, 0.3) is 5.91 Å². The van der Waals surface area contributed by atoms with Crippen molar-refractivity contribution in [3.63, 3.8) is 0 Å². The van der Waals surface area contributed by atoms with Crippen molar-refractivity contribution in [3.05, 3.63) is 84.2 Å². The van der Waals surface area contributed by atoms with Crippen LogP contribution in [-0.4, -0.2) is 27.4 Å². The summed E-state index contributed by atoms with van der Waals surface area (Å²) in [7, 11) is 1.73. The molecule has 4 nitrogen and oxygen atoms in total. The first kappa shape index (κ1) is 15.0. The molecular formula is C18H16FN3O. The largest absolute Gasteiger partial charge is 0.337 e. The van der Waals surface area contributed by atoms with E-state index >= 15 is 0 Å². The topological polar surface area (TPSA) is 38.1 Å². The first-order chi connectivity index (χ1) is 11.1. The lowest BCUT2D eigenvalue weighted by molar-refractivity contribution is 0.0785. The maximum absolute atomic E-state index is 12.9. The summed E-state index contributed by atoms with van der Waals surface area (Å²) in [5.74, 6) is -0.357. The van der Waals surface area contributed by atoms with Crippen molar-refractivity contribution < 1.29 is 9.18 Å². The van der Waals surface area contributed by atoms with E-state index in [9.17, 15) is 9.18 Å². The minimum absolute atomic E-state index is 0.0773. The molecule has 3 rings (SSSR count). The van der Waals surface area contributed by atoms with Gasteiger partial charge in [-0.1, -0.05) is 12.1 Å². The van der Waals surface area contributed by atoms with E-state index in [1.165, 1.54) is 12.1 Å². The Labute approximate surface area is 133 Å². The van der Waals surface area contributed by atoms with Gasteiger partial charge in [-0.15, -0.1) is 0 Å². The fourth-order valence-electron chi connectivity index (χ4n) is 2.34. The highest BCUT2D eigenvalue weighted by atomic mass is 19.1. The molecule has 116 valence electrons. The van der Waals surface area contributed by atoms with Gasteiger partial charge in [0.2, 0.25) is 0 Å². The first-order valence-electron chi connectivity index (χ1n) is 7.22. The van der Waals surface area contributed by atoms with Gasteiger partial charge in [-0.05, 0) is 42.0 Å². The van der Waals surface area contributed by atoms with Crippen molar-refractivity contribution in [2.75, 3.05) is 7.05 Å². The summed E-state index contributed by atoms with van der Waals surface area (Å²) in [6.07, 6.45) is 5.25. The lowest BCUT2D eigenvalue weighted by Crippen LogP contribution is -2.26. The molecule has 0 bridgehead atoms. The standard InChI is InChI=1S/C18H16FN3O/c1-21(12-14-2-6-16(19)7-3-14)18(23)15-4-8-17(9-5-15)22-11-10-20-13-22/h2-11,13H,12H2,1H3. The van der Waals surface area contributed by atoms with Gasteiger partial charge in [0, 0.05) is 37.2 Å². The molecule has 1 heterocycles. The predicted octanol–water partition coefficient (Wildman–Crippen LogP) is 3.28. The first-order valence-corrected chi connectivity index (χ1v) is 7.22. The third kappa shape index (κ3) is 3.45. The molecule has 0 aliphatic carbocycles. The molecule has 5 heteroatoms. The summed E-state index contributed by atoms with van der Waals surface area (Å²) in [5.41, 5.74) is 2.44. The molecule has 0 saturated carbocycles. The SMILES string of the molecule is CN(Cc1ccc(F)cc1)C(=O)c1ccc(-n2ccnc2)cc1. The minimum Gasteiger partial charge on any atom is -0.337 e. The Morgan fingerprint density at radius 3 is 2.43 bits per heavy atom. The highest BCUT2D eigenvalue weighted by molar-refractivity contribution is 5.94. The van der Waals surface area contributed by atoms with E-state index in [2.05, 4.69) is 4.98 Å². The zero-order valence-corrected chi connectivity index (χ0v) is 12.7. The Morgan fingerprint density at radius 2 is 1.83 bits per heavy atom. The molecule has 3 aromatic rings. The van der Waals surface area contributed by atoms with Gasteiger partial charge >= 0.3 is 0 Å². The van der Waals surface area contributed by atoms with E-state index in [0.29, 0.717) is 12.1 Å². The maximum Gasteiger partial charge on any atom is 0.253 e. The highest BCUT2D eigenvalue weighted by Crippen LogP contribution is 2.13. The summed E-state index contributed by atoms with van der Waals surface area (Å²) in [6, 6.07) is 13.5. The van der Waals surface area contributed by atoms with E-state index in [1.807, 2.05) is 22.9 Å². The molecule has 0 aliphatic heterocycles. The number of carbonyl (C=O) groups is 1. The molecule has 0 atom stereocenters. The monoisotopic (exact) mass is 309 g/mol. The second kappa shape index (κ2) is 6.44. The van der Waals surface area contributed by atoms with Gasteiger partial charge in [-0.3, -0.25) is 4.79 Å². The van der Waals surface area contributed by atoms with Gasteiger partial charge in [0.1, 0.15) is 5.82 Å². The second-order valence-electron chi connectivity index (χ2n) is 5.30. The third-order valence-electron chi connectivity index (χ3n) is 3.60. The van der Waals surface area contributed by atoms with Crippen LogP contribution in [0.4, 0.5) is 4.39 Å². The van der Waals surface area contributed by atoms with Gasteiger partial charge in [0.15, 0.2) is 0 Å². The van der Waals surface area contributed by atoms with Crippen LogP contribution >= 0.6 is 0 Å². The fourth-order valence-corrected chi connectivity index (χ4v) is 2.34. The van der Waals surface area contributed by atoms with Crippen LogP contribution < -0.4 is 0 Å². The Bertz CT molecular complexity index is 780. The minimum atomic E-state index is -0.280. The van der Waals surface area contributed by atoms with E-state index in [4.69, 9.17) is 0 Å². The number of benzene rings is 2. The number of carbonyl (C=O) groups excluding carboxylic acids is 1. The van der Waals surface area contributed by atoms with E-state index in [-0.39, 0.29) is 11.7 Å². The summed E-state index contributed by atoms with van der Waals surface area (Å²) in [5, 5.41) is 0. The van der Waals surface area contributed by atoms with Crippen LogP contribution in [0.2, 0.25) is 0 Å². The van der Waals surface area contributed by atoms with E-state index in [0.717, 1.165) is 11.3 Å². The Hall–Kier alpha value is -2.95. The number of nitrogens with zero attached hydrogens (tertiary/aromatic N) is 3.